The van der Waals surface area contributed by atoms with Gasteiger partial charge >= 0.3 is 5.97 Å². The Bertz CT molecular complexity index is 981. The molecule has 0 radical (unpaired) electrons. The molecule has 3 rings (SSSR count). The standard InChI is InChI=1S/C19H18N4O4S/c1-26-15-4-2-11(3-5-15)16-10-28-19(22-16)23-17(24)9-27-18(25)12-6-13(20)8-14(21)7-12/h2-8,10H,9,20-21H2,1H3,(H,22,23,24). The number of nitrogens with one attached hydrogen (secondary N) is 1. The minimum Gasteiger partial charge on any atom is -0.497 e. The van der Waals surface area contributed by atoms with E-state index < -0.39 is 18.5 Å². The van der Waals surface area contributed by atoms with Gasteiger partial charge in [0.15, 0.2) is 11.7 Å². The predicted molar refractivity (Wildman–Crippen MR) is 108 cm³/mol. The van der Waals surface area contributed by atoms with Crippen molar-refractivity contribution in [3.8, 4) is 17.0 Å². The van der Waals surface area contributed by atoms with Gasteiger partial charge in [-0.05, 0) is 42.5 Å². The minimum atomic E-state index is -0.688. The summed E-state index contributed by atoms with van der Waals surface area (Å²) in [6, 6.07) is 11.8. The van der Waals surface area contributed by atoms with Crippen LogP contribution in [-0.2, 0) is 9.53 Å². The second-order valence-corrected chi connectivity index (χ2v) is 6.64. The number of aromatic nitrogens is 1. The Labute approximate surface area is 165 Å². The minimum absolute atomic E-state index is 0.182. The molecule has 0 bridgehead atoms. The largest absolute Gasteiger partial charge is 0.497 e. The van der Waals surface area contributed by atoms with Gasteiger partial charge in [-0.2, -0.15) is 0 Å². The summed E-state index contributed by atoms with van der Waals surface area (Å²) >= 11 is 1.27. The van der Waals surface area contributed by atoms with Crippen LogP contribution in [0.15, 0.2) is 47.8 Å². The van der Waals surface area contributed by atoms with Crippen molar-refractivity contribution in [1.82, 2.24) is 4.98 Å². The highest BCUT2D eigenvalue weighted by molar-refractivity contribution is 7.14. The fourth-order valence-corrected chi connectivity index (χ4v) is 3.13. The van der Waals surface area contributed by atoms with Crippen LogP contribution in [0.3, 0.4) is 0 Å². The second-order valence-electron chi connectivity index (χ2n) is 5.78. The van der Waals surface area contributed by atoms with Crippen LogP contribution in [0.2, 0.25) is 0 Å². The zero-order valence-electron chi connectivity index (χ0n) is 15.0. The molecule has 0 atom stereocenters. The summed E-state index contributed by atoms with van der Waals surface area (Å²) in [4.78, 5) is 28.4. The maximum atomic E-state index is 12.0. The van der Waals surface area contributed by atoms with E-state index in [1.807, 2.05) is 29.6 Å². The van der Waals surface area contributed by atoms with E-state index >= 15 is 0 Å². The lowest BCUT2D eigenvalue weighted by Crippen LogP contribution is -2.21. The molecule has 2 aromatic carbocycles. The number of benzene rings is 2. The van der Waals surface area contributed by atoms with Crippen LogP contribution in [-0.4, -0.2) is 30.6 Å². The fourth-order valence-electron chi connectivity index (χ4n) is 2.39. The average molecular weight is 398 g/mol. The highest BCUT2D eigenvalue weighted by Crippen LogP contribution is 2.26. The summed E-state index contributed by atoms with van der Waals surface area (Å²) in [5, 5.41) is 4.82. The Morgan fingerprint density at radius 2 is 1.79 bits per heavy atom. The molecule has 1 heterocycles. The van der Waals surface area contributed by atoms with E-state index in [9.17, 15) is 9.59 Å². The van der Waals surface area contributed by atoms with Crippen molar-refractivity contribution in [3.63, 3.8) is 0 Å². The number of ether oxygens (including phenoxy) is 2. The molecule has 0 fully saturated rings. The van der Waals surface area contributed by atoms with Crippen molar-refractivity contribution in [1.29, 1.82) is 0 Å². The normalized spacial score (nSPS) is 10.3. The van der Waals surface area contributed by atoms with Crippen LogP contribution >= 0.6 is 11.3 Å². The molecule has 1 aromatic heterocycles. The molecular formula is C19H18N4O4S. The number of carbonyl (C=O) groups excluding carboxylic acids is 2. The Kier molecular flexibility index (Phi) is 5.75. The van der Waals surface area contributed by atoms with Crippen LogP contribution in [0.1, 0.15) is 10.4 Å². The Morgan fingerprint density at radius 1 is 1.11 bits per heavy atom. The van der Waals surface area contributed by atoms with E-state index in [2.05, 4.69) is 10.3 Å². The number of esters is 1. The highest BCUT2D eigenvalue weighted by Gasteiger charge is 2.13. The van der Waals surface area contributed by atoms with Crippen molar-refractivity contribution in [2.24, 2.45) is 0 Å². The van der Waals surface area contributed by atoms with Gasteiger partial charge in [0.2, 0.25) is 0 Å². The first-order chi connectivity index (χ1) is 13.4. The number of methoxy groups -OCH3 is 1. The molecular weight excluding hydrogens is 380 g/mol. The Hall–Kier alpha value is -3.59. The first-order valence-electron chi connectivity index (χ1n) is 8.17. The summed E-state index contributed by atoms with van der Waals surface area (Å²) in [5.41, 5.74) is 13.7. The zero-order valence-corrected chi connectivity index (χ0v) is 15.8. The van der Waals surface area contributed by atoms with Crippen molar-refractivity contribution in [3.05, 3.63) is 53.4 Å². The predicted octanol–water partition coefficient (Wildman–Crippen LogP) is 2.78. The summed E-state index contributed by atoms with van der Waals surface area (Å²) in [7, 11) is 1.60. The molecule has 8 nitrogen and oxygen atoms in total. The van der Waals surface area contributed by atoms with Gasteiger partial charge < -0.3 is 20.9 Å². The first-order valence-corrected chi connectivity index (χ1v) is 9.05. The molecule has 0 unspecified atom stereocenters. The lowest BCUT2D eigenvalue weighted by Gasteiger charge is -2.06. The summed E-state index contributed by atoms with van der Waals surface area (Å²) in [5.74, 6) is -0.440. The van der Waals surface area contributed by atoms with E-state index in [0.717, 1.165) is 17.0 Å². The molecule has 144 valence electrons. The van der Waals surface area contributed by atoms with Gasteiger partial charge in [0.05, 0.1) is 18.4 Å². The summed E-state index contributed by atoms with van der Waals surface area (Å²) < 4.78 is 10.1. The van der Waals surface area contributed by atoms with E-state index in [4.69, 9.17) is 20.9 Å². The molecule has 0 aliphatic rings. The smallest absolute Gasteiger partial charge is 0.338 e. The van der Waals surface area contributed by atoms with Gasteiger partial charge in [0, 0.05) is 22.3 Å². The van der Waals surface area contributed by atoms with Crippen LogP contribution in [0.25, 0.3) is 11.3 Å². The van der Waals surface area contributed by atoms with Gasteiger partial charge in [-0.15, -0.1) is 11.3 Å². The molecule has 0 saturated carbocycles. The highest BCUT2D eigenvalue weighted by atomic mass is 32.1. The van der Waals surface area contributed by atoms with Crippen LogP contribution in [0.4, 0.5) is 16.5 Å². The molecule has 3 aromatic rings. The third kappa shape index (κ3) is 4.77. The second kappa shape index (κ2) is 8.40. The molecule has 5 N–H and O–H groups in total. The lowest BCUT2D eigenvalue weighted by molar-refractivity contribution is -0.119. The third-order valence-electron chi connectivity index (χ3n) is 3.68. The van der Waals surface area contributed by atoms with Gasteiger partial charge in [-0.3, -0.25) is 10.1 Å². The number of nitrogens with zero attached hydrogens (tertiary/aromatic N) is 1. The number of nitrogen functional groups attached to an aromatic ring is 2. The number of carbonyl (C=O) groups is 2. The van der Waals surface area contributed by atoms with Gasteiger partial charge in [0.1, 0.15) is 5.75 Å². The van der Waals surface area contributed by atoms with Gasteiger partial charge in [-0.25, -0.2) is 9.78 Å². The van der Waals surface area contributed by atoms with Crippen molar-refractivity contribution in [2.75, 3.05) is 30.5 Å². The topological polar surface area (TPSA) is 130 Å². The maximum absolute atomic E-state index is 12.0. The number of hydrogen-bond donors (Lipinski definition) is 3. The molecule has 0 aliphatic carbocycles. The van der Waals surface area contributed by atoms with Gasteiger partial charge in [0.25, 0.3) is 5.91 Å². The number of hydrogen-bond acceptors (Lipinski definition) is 8. The molecule has 28 heavy (non-hydrogen) atoms. The summed E-state index contributed by atoms with van der Waals surface area (Å²) in [6.07, 6.45) is 0. The van der Waals surface area contributed by atoms with E-state index in [-0.39, 0.29) is 5.56 Å². The summed E-state index contributed by atoms with van der Waals surface area (Å²) in [6.45, 7) is -0.453. The fraction of sp³-hybridized carbons (Fsp3) is 0.105. The molecule has 1 amide bonds. The van der Waals surface area contributed by atoms with Crippen molar-refractivity contribution < 1.29 is 19.1 Å². The average Bonchev–Trinajstić information content (AvgIpc) is 3.13. The van der Waals surface area contributed by atoms with Crippen molar-refractivity contribution >= 4 is 39.7 Å². The Morgan fingerprint density at radius 3 is 2.43 bits per heavy atom. The van der Waals surface area contributed by atoms with Gasteiger partial charge in [-0.1, -0.05) is 0 Å². The SMILES string of the molecule is COc1ccc(-c2csc(NC(=O)COC(=O)c3cc(N)cc(N)c3)n2)cc1. The Balaban J connectivity index is 1.56. The number of anilines is 3. The number of rotatable bonds is 6. The van der Waals surface area contributed by atoms with E-state index in [1.54, 1.807) is 7.11 Å². The quantitative estimate of drug-likeness (QED) is 0.430. The molecule has 9 heteroatoms. The van der Waals surface area contributed by atoms with Crippen molar-refractivity contribution in [2.45, 2.75) is 0 Å². The number of amides is 1. The van der Waals surface area contributed by atoms with E-state index in [1.165, 1.54) is 29.5 Å². The lowest BCUT2D eigenvalue weighted by atomic mass is 10.2. The number of nitrogens with two attached hydrogens (primary N) is 2. The third-order valence-corrected chi connectivity index (χ3v) is 4.44. The monoisotopic (exact) mass is 398 g/mol. The first kappa shape index (κ1) is 19.2. The van der Waals surface area contributed by atoms with E-state index in [0.29, 0.717) is 16.5 Å². The molecule has 0 aliphatic heterocycles. The maximum Gasteiger partial charge on any atom is 0.338 e. The van der Waals surface area contributed by atoms with Crippen LogP contribution < -0.4 is 21.5 Å². The van der Waals surface area contributed by atoms with Crippen LogP contribution in [0.5, 0.6) is 5.75 Å². The molecule has 0 saturated heterocycles. The van der Waals surface area contributed by atoms with Crippen LogP contribution in [0, 0.1) is 0 Å². The number of thiazole rings is 1. The zero-order chi connectivity index (χ0) is 20.1. The molecule has 0 spiro atoms.